The highest BCUT2D eigenvalue weighted by Crippen LogP contribution is 2.24. The molecule has 1 N–H and O–H groups in total. The minimum atomic E-state index is 0.460. The minimum absolute atomic E-state index is 0.460. The van der Waals surface area contributed by atoms with Crippen LogP contribution in [0.3, 0.4) is 0 Å². The van der Waals surface area contributed by atoms with Crippen LogP contribution in [0.15, 0.2) is 0 Å². The molecule has 0 bridgehead atoms. The number of piperidine rings is 1. The molecule has 1 saturated carbocycles. The van der Waals surface area contributed by atoms with Gasteiger partial charge in [0.2, 0.25) is 6.41 Å². The highest BCUT2D eigenvalue weighted by molar-refractivity contribution is 5.47. The summed E-state index contributed by atoms with van der Waals surface area (Å²) >= 11 is 0. The number of hydrogen-bond acceptors (Lipinski definition) is 4. The molecule has 0 aromatic rings. The number of hydrazine groups is 1. The van der Waals surface area contributed by atoms with E-state index in [1.165, 1.54) is 44.9 Å². The molecule has 0 atom stereocenters. The Labute approximate surface area is 128 Å². The quantitative estimate of drug-likeness (QED) is 0.787. The van der Waals surface area contributed by atoms with E-state index in [0.29, 0.717) is 6.04 Å². The lowest BCUT2D eigenvalue weighted by atomic mass is 9.95. The van der Waals surface area contributed by atoms with E-state index in [-0.39, 0.29) is 0 Å². The van der Waals surface area contributed by atoms with Crippen LogP contribution in [0.4, 0.5) is 0 Å². The van der Waals surface area contributed by atoms with Gasteiger partial charge in [-0.25, -0.2) is 5.01 Å². The highest BCUT2D eigenvalue weighted by atomic mass is 16.1. The highest BCUT2D eigenvalue weighted by Gasteiger charge is 2.30. The normalized spacial score (nSPS) is 27.6. The SMILES string of the molecule is O=CN(C1CCCCC1)N1CCN(C2CCNCC2)CC1. The van der Waals surface area contributed by atoms with Crippen LogP contribution >= 0.6 is 0 Å². The molecule has 5 heteroatoms. The Hall–Kier alpha value is -0.650. The molecule has 2 heterocycles. The summed E-state index contributed by atoms with van der Waals surface area (Å²) in [6.45, 7) is 6.57. The Balaban J connectivity index is 1.50. The van der Waals surface area contributed by atoms with E-state index in [9.17, 15) is 4.79 Å². The summed E-state index contributed by atoms with van der Waals surface area (Å²) in [6.07, 6.45) is 9.91. The molecule has 3 fully saturated rings. The molecule has 21 heavy (non-hydrogen) atoms. The van der Waals surface area contributed by atoms with Crippen molar-refractivity contribution in [3.63, 3.8) is 0 Å². The third-order valence-electron chi connectivity index (χ3n) is 5.50. The zero-order valence-electron chi connectivity index (χ0n) is 13.2. The fourth-order valence-electron chi connectivity index (χ4n) is 4.21. The third kappa shape index (κ3) is 3.76. The van der Waals surface area contributed by atoms with E-state index in [1.54, 1.807) is 0 Å². The number of piperazine rings is 1. The van der Waals surface area contributed by atoms with Gasteiger partial charge in [-0.2, -0.15) is 0 Å². The summed E-state index contributed by atoms with van der Waals surface area (Å²) in [7, 11) is 0. The topological polar surface area (TPSA) is 38.8 Å². The van der Waals surface area contributed by atoms with Gasteiger partial charge in [0.1, 0.15) is 0 Å². The largest absolute Gasteiger partial charge is 0.317 e. The summed E-state index contributed by atoms with van der Waals surface area (Å²) in [6, 6.07) is 1.22. The molecule has 0 spiro atoms. The average molecular weight is 294 g/mol. The molecule has 3 rings (SSSR count). The number of nitrogens with one attached hydrogen (secondary N) is 1. The number of hydrogen-bond donors (Lipinski definition) is 1. The van der Waals surface area contributed by atoms with Crippen molar-refractivity contribution in [3.8, 4) is 0 Å². The molecule has 0 unspecified atom stereocenters. The fraction of sp³-hybridized carbons (Fsp3) is 0.938. The first-order valence-corrected chi connectivity index (χ1v) is 8.82. The van der Waals surface area contributed by atoms with Crippen LogP contribution in [-0.2, 0) is 4.79 Å². The van der Waals surface area contributed by atoms with E-state index >= 15 is 0 Å². The number of carbonyl (C=O) groups is 1. The van der Waals surface area contributed by atoms with Crippen molar-refractivity contribution in [1.82, 2.24) is 20.2 Å². The second-order valence-corrected chi connectivity index (χ2v) is 6.75. The fourth-order valence-corrected chi connectivity index (χ4v) is 4.21. The van der Waals surface area contributed by atoms with Crippen LogP contribution in [0.2, 0.25) is 0 Å². The van der Waals surface area contributed by atoms with Crippen molar-refractivity contribution in [2.24, 2.45) is 0 Å². The van der Waals surface area contributed by atoms with Gasteiger partial charge in [-0.05, 0) is 38.8 Å². The first-order valence-electron chi connectivity index (χ1n) is 8.82. The Kier molecular flexibility index (Phi) is 5.49. The first-order chi connectivity index (χ1) is 10.4. The van der Waals surface area contributed by atoms with Crippen LogP contribution in [-0.4, -0.2) is 72.7 Å². The second-order valence-electron chi connectivity index (χ2n) is 6.75. The Morgan fingerprint density at radius 3 is 2.19 bits per heavy atom. The van der Waals surface area contributed by atoms with E-state index in [1.807, 2.05) is 5.01 Å². The van der Waals surface area contributed by atoms with E-state index in [2.05, 4.69) is 15.2 Å². The number of nitrogens with zero attached hydrogens (tertiary/aromatic N) is 3. The molecule has 2 saturated heterocycles. The van der Waals surface area contributed by atoms with Crippen molar-refractivity contribution in [2.45, 2.75) is 57.0 Å². The van der Waals surface area contributed by atoms with Gasteiger partial charge in [-0.1, -0.05) is 19.3 Å². The first kappa shape index (κ1) is 15.3. The van der Waals surface area contributed by atoms with Gasteiger partial charge < -0.3 is 5.32 Å². The zero-order chi connectivity index (χ0) is 14.5. The third-order valence-corrected chi connectivity index (χ3v) is 5.50. The van der Waals surface area contributed by atoms with Crippen LogP contribution in [0, 0.1) is 0 Å². The van der Waals surface area contributed by atoms with Gasteiger partial charge in [-0.15, -0.1) is 0 Å². The Morgan fingerprint density at radius 2 is 1.57 bits per heavy atom. The van der Waals surface area contributed by atoms with Crippen molar-refractivity contribution in [2.75, 3.05) is 39.3 Å². The van der Waals surface area contributed by atoms with Gasteiger partial charge in [0.05, 0.1) is 0 Å². The maximum Gasteiger partial charge on any atom is 0.224 e. The molecule has 120 valence electrons. The summed E-state index contributed by atoms with van der Waals surface area (Å²) in [4.78, 5) is 14.2. The number of rotatable bonds is 4. The number of carbonyl (C=O) groups excluding carboxylic acids is 1. The van der Waals surface area contributed by atoms with Gasteiger partial charge in [0, 0.05) is 38.3 Å². The molecule has 0 aromatic heterocycles. The zero-order valence-corrected chi connectivity index (χ0v) is 13.2. The van der Waals surface area contributed by atoms with Gasteiger partial charge in [0.25, 0.3) is 0 Å². The standard InChI is InChI=1S/C16H30N4O/c21-14-20(16-4-2-1-3-5-16)19-12-10-18(11-13-19)15-6-8-17-9-7-15/h14-17H,1-13H2. The lowest BCUT2D eigenvalue weighted by Crippen LogP contribution is -2.58. The van der Waals surface area contributed by atoms with Gasteiger partial charge in [0.15, 0.2) is 0 Å². The van der Waals surface area contributed by atoms with Crippen molar-refractivity contribution in [3.05, 3.63) is 0 Å². The van der Waals surface area contributed by atoms with E-state index in [4.69, 9.17) is 0 Å². The van der Waals surface area contributed by atoms with E-state index in [0.717, 1.165) is 51.7 Å². The molecule has 0 radical (unpaired) electrons. The van der Waals surface area contributed by atoms with Crippen LogP contribution < -0.4 is 5.32 Å². The molecule has 2 aliphatic heterocycles. The van der Waals surface area contributed by atoms with Crippen LogP contribution in [0.25, 0.3) is 0 Å². The van der Waals surface area contributed by atoms with Crippen molar-refractivity contribution >= 4 is 6.41 Å². The Bertz CT molecular complexity index is 318. The summed E-state index contributed by atoms with van der Waals surface area (Å²) < 4.78 is 0. The van der Waals surface area contributed by atoms with E-state index < -0.39 is 0 Å². The predicted molar refractivity (Wildman–Crippen MR) is 83.8 cm³/mol. The maximum atomic E-state index is 11.5. The molecule has 0 aromatic carbocycles. The molecule has 1 aliphatic carbocycles. The van der Waals surface area contributed by atoms with Crippen LogP contribution in [0.5, 0.6) is 0 Å². The number of amides is 1. The molecular weight excluding hydrogens is 264 g/mol. The molecular formula is C16H30N4O. The summed E-state index contributed by atoms with van der Waals surface area (Å²) in [5.74, 6) is 0. The average Bonchev–Trinajstić information content (AvgIpc) is 2.58. The smallest absolute Gasteiger partial charge is 0.224 e. The van der Waals surface area contributed by atoms with Gasteiger partial charge >= 0.3 is 0 Å². The molecule has 5 nitrogen and oxygen atoms in total. The molecule has 3 aliphatic rings. The lowest BCUT2D eigenvalue weighted by molar-refractivity contribution is -0.148. The molecule has 1 amide bonds. The van der Waals surface area contributed by atoms with Gasteiger partial charge in [-0.3, -0.25) is 14.7 Å². The Morgan fingerprint density at radius 1 is 0.905 bits per heavy atom. The van der Waals surface area contributed by atoms with Crippen molar-refractivity contribution in [1.29, 1.82) is 0 Å². The minimum Gasteiger partial charge on any atom is -0.317 e. The van der Waals surface area contributed by atoms with Crippen molar-refractivity contribution < 1.29 is 4.79 Å². The lowest BCUT2D eigenvalue weighted by Gasteiger charge is -2.46. The second kappa shape index (κ2) is 7.56. The van der Waals surface area contributed by atoms with Crippen LogP contribution in [0.1, 0.15) is 44.9 Å². The summed E-state index contributed by atoms with van der Waals surface area (Å²) in [5.41, 5.74) is 0. The predicted octanol–water partition coefficient (Wildman–Crippen LogP) is 1.06. The summed E-state index contributed by atoms with van der Waals surface area (Å²) in [5, 5.41) is 7.77. The monoisotopic (exact) mass is 294 g/mol. The maximum absolute atomic E-state index is 11.5.